The maximum Gasteiger partial charge on any atom is 0.180 e. The number of hydrogen-bond donors (Lipinski definition) is 2. The summed E-state index contributed by atoms with van der Waals surface area (Å²) in [5, 5.41) is 13.0. The van der Waals surface area contributed by atoms with Gasteiger partial charge in [-0.25, -0.2) is 9.97 Å². The molecular formula is C15H20N4O. The van der Waals surface area contributed by atoms with Crippen LogP contribution in [0.4, 0.5) is 5.82 Å². The van der Waals surface area contributed by atoms with E-state index >= 15 is 0 Å². The van der Waals surface area contributed by atoms with E-state index in [4.69, 9.17) is 0 Å². The summed E-state index contributed by atoms with van der Waals surface area (Å²) in [6.07, 6.45) is 9.17. The van der Waals surface area contributed by atoms with Gasteiger partial charge in [0, 0.05) is 31.0 Å². The molecule has 1 fully saturated rings. The summed E-state index contributed by atoms with van der Waals surface area (Å²) in [6.45, 7) is 0.241. The Morgan fingerprint density at radius 1 is 1.10 bits per heavy atom. The van der Waals surface area contributed by atoms with Crippen molar-refractivity contribution >= 4 is 17.0 Å². The predicted octanol–water partition coefficient (Wildman–Crippen LogP) is 2.38. The molecule has 20 heavy (non-hydrogen) atoms. The molecule has 0 unspecified atom stereocenters. The molecule has 0 aliphatic heterocycles. The minimum atomic E-state index is 0.241. The molecule has 0 spiro atoms. The van der Waals surface area contributed by atoms with Crippen LogP contribution in [0.2, 0.25) is 0 Å². The molecule has 1 aliphatic rings. The Hall–Kier alpha value is -1.75. The second kappa shape index (κ2) is 6.13. The Morgan fingerprint density at radius 2 is 1.95 bits per heavy atom. The van der Waals surface area contributed by atoms with E-state index in [1.165, 1.54) is 19.3 Å². The molecule has 5 heteroatoms. The normalized spacial score (nSPS) is 23.4. The number of aliphatic hydroxyl groups excluding tert-OH is 1. The molecule has 2 aromatic rings. The van der Waals surface area contributed by atoms with Crippen LogP contribution in [0.1, 0.15) is 32.1 Å². The number of rotatable bonds is 3. The number of fused-ring (bicyclic) bond motifs is 1. The van der Waals surface area contributed by atoms with Gasteiger partial charge in [-0.1, -0.05) is 19.3 Å². The lowest BCUT2D eigenvalue weighted by atomic mass is 9.95. The molecule has 106 valence electrons. The number of aromatic nitrogens is 3. The maximum atomic E-state index is 9.55. The molecule has 0 radical (unpaired) electrons. The van der Waals surface area contributed by atoms with Crippen molar-refractivity contribution in [1.82, 2.24) is 15.0 Å². The first-order valence-corrected chi connectivity index (χ1v) is 7.32. The fraction of sp³-hybridized carbons (Fsp3) is 0.533. The SMILES string of the molecule is OC[C@H]1CCCCC[C@H]1Nc1ccc2nccnc2n1. The van der Waals surface area contributed by atoms with Gasteiger partial charge in [0.05, 0.1) is 0 Å². The summed E-state index contributed by atoms with van der Waals surface area (Å²) >= 11 is 0. The van der Waals surface area contributed by atoms with Gasteiger partial charge in [0.15, 0.2) is 5.65 Å². The number of nitrogens with one attached hydrogen (secondary N) is 1. The molecule has 5 nitrogen and oxygen atoms in total. The number of hydrogen-bond acceptors (Lipinski definition) is 5. The second-order valence-corrected chi connectivity index (χ2v) is 5.43. The van der Waals surface area contributed by atoms with Crippen LogP contribution in [0, 0.1) is 5.92 Å². The van der Waals surface area contributed by atoms with E-state index in [9.17, 15) is 5.11 Å². The summed E-state index contributed by atoms with van der Waals surface area (Å²) in [7, 11) is 0. The molecule has 2 heterocycles. The second-order valence-electron chi connectivity index (χ2n) is 5.43. The molecular weight excluding hydrogens is 252 g/mol. The number of aliphatic hydroxyl groups is 1. The Kier molecular flexibility index (Phi) is 4.06. The number of pyridine rings is 1. The Morgan fingerprint density at radius 3 is 2.85 bits per heavy atom. The van der Waals surface area contributed by atoms with E-state index in [0.29, 0.717) is 17.6 Å². The minimum Gasteiger partial charge on any atom is -0.396 e. The summed E-state index contributed by atoms with van der Waals surface area (Å²) in [5.41, 5.74) is 1.46. The monoisotopic (exact) mass is 272 g/mol. The minimum absolute atomic E-state index is 0.241. The number of anilines is 1. The lowest BCUT2D eigenvalue weighted by molar-refractivity contribution is 0.203. The fourth-order valence-corrected chi connectivity index (χ4v) is 2.92. The highest BCUT2D eigenvalue weighted by molar-refractivity contribution is 5.71. The van der Waals surface area contributed by atoms with Crippen molar-refractivity contribution in [1.29, 1.82) is 0 Å². The van der Waals surface area contributed by atoms with Gasteiger partial charge in [-0.2, -0.15) is 0 Å². The average molecular weight is 272 g/mol. The van der Waals surface area contributed by atoms with Crippen LogP contribution in [0.25, 0.3) is 11.2 Å². The lowest BCUT2D eigenvalue weighted by Gasteiger charge is -2.25. The summed E-state index contributed by atoms with van der Waals surface area (Å²) in [5.74, 6) is 1.14. The van der Waals surface area contributed by atoms with E-state index in [2.05, 4.69) is 20.3 Å². The zero-order valence-corrected chi connectivity index (χ0v) is 11.5. The van der Waals surface area contributed by atoms with Crippen molar-refractivity contribution in [2.24, 2.45) is 5.92 Å². The van der Waals surface area contributed by atoms with Gasteiger partial charge in [-0.3, -0.25) is 4.98 Å². The van der Waals surface area contributed by atoms with Gasteiger partial charge in [0.1, 0.15) is 11.3 Å². The van der Waals surface area contributed by atoms with Crippen LogP contribution in [-0.2, 0) is 0 Å². The highest BCUT2D eigenvalue weighted by atomic mass is 16.3. The third-order valence-electron chi connectivity index (χ3n) is 4.06. The molecule has 2 aromatic heterocycles. The van der Waals surface area contributed by atoms with E-state index in [1.807, 2.05) is 12.1 Å². The van der Waals surface area contributed by atoms with Gasteiger partial charge in [-0.15, -0.1) is 0 Å². The van der Waals surface area contributed by atoms with Crippen LogP contribution in [-0.4, -0.2) is 32.7 Å². The topological polar surface area (TPSA) is 70.9 Å². The van der Waals surface area contributed by atoms with Crippen LogP contribution in [0.5, 0.6) is 0 Å². The quantitative estimate of drug-likeness (QED) is 0.839. The molecule has 0 saturated heterocycles. The van der Waals surface area contributed by atoms with E-state index in [-0.39, 0.29) is 6.61 Å². The highest BCUT2D eigenvalue weighted by Gasteiger charge is 2.23. The van der Waals surface area contributed by atoms with Crippen LogP contribution >= 0.6 is 0 Å². The molecule has 3 rings (SSSR count). The molecule has 0 amide bonds. The van der Waals surface area contributed by atoms with Crippen molar-refractivity contribution in [3.8, 4) is 0 Å². The van der Waals surface area contributed by atoms with Crippen molar-refractivity contribution in [2.75, 3.05) is 11.9 Å². The summed E-state index contributed by atoms with van der Waals surface area (Å²) in [4.78, 5) is 13.0. The Bertz CT molecular complexity index is 575. The first kappa shape index (κ1) is 13.2. The van der Waals surface area contributed by atoms with E-state index in [0.717, 1.165) is 24.2 Å². The van der Waals surface area contributed by atoms with Gasteiger partial charge >= 0.3 is 0 Å². The van der Waals surface area contributed by atoms with Crippen molar-refractivity contribution in [3.63, 3.8) is 0 Å². The average Bonchev–Trinajstić information content (AvgIpc) is 2.72. The predicted molar refractivity (Wildman–Crippen MR) is 78.4 cm³/mol. The molecule has 1 aliphatic carbocycles. The Labute approximate surface area is 118 Å². The van der Waals surface area contributed by atoms with Crippen LogP contribution in [0.3, 0.4) is 0 Å². The standard InChI is InChI=1S/C15H20N4O/c20-10-11-4-2-1-3-5-12(11)18-14-7-6-13-15(19-14)17-9-8-16-13/h6-9,11-12,20H,1-5,10H2,(H,17,18,19)/t11-,12-/m1/s1. The molecule has 1 saturated carbocycles. The lowest BCUT2D eigenvalue weighted by Crippen LogP contribution is -2.30. The molecule has 2 atom stereocenters. The first-order valence-electron chi connectivity index (χ1n) is 7.32. The van der Waals surface area contributed by atoms with Gasteiger partial charge in [-0.05, 0) is 25.0 Å². The smallest absolute Gasteiger partial charge is 0.180 e. The zero-order valence-electron chi connectivity index (χ0n) is 11.5. The zero-order chi connectivity index (χ0) is 13.8. The largest absolute Gasteiger partial charge is 0.396 e. The van der Waals surface area contributed by atoms with E-state index in [1.54, 1.807) is 12.4 Å². The van der Waals surface area contributed by atoms with Crippen molar-refractivity contribution < 1.29 is 5.11 Å². The van der Waals surface area contributed by atoms with Crippen LogP contribution < -0.4 is 5.32 Å². The first-order chi connectivity index (χ1) is 9.86. The molecule has 0 aromatic carbocycles. The van der Waals surface area contributed by atoms with Gasteiger partial charge < -0.3 is 10.4 Å². The van der Waals surface area contributed by atoms with Crippen LogP contribution in [0.15, 0.2) is 24.5 Å². The third kappa shape index (κ3) is 2.88. The summed E-state index contributed by atoms with van der Waals surface area (Å²) < 4.78 is 0. The van der Waals surface area contributed by atoms with Crippen molar-refractivity contribution in [3.05, 3.63) is 24.5 Å². The number of nitrogens with zero attached hydrogens (tertiary/aromatic N) is 3. The van der Waals surface area contributed by atoms with Gasteiger partial charge in [0.2, 0.25) is 0 Å². The summed E-state index contributed by atoms with van der Waals surface area (Å²) in [6, 6.07) is 4.17. The fourth-order valence-electron chi connectivity index (χ4n) is 2.92. The van der Waals surface area contributed by atoms with E-state index < -0.39 is 0 Å². The highest BCUT2D eigenvalue weighted by Crippen LogP contribution is 2.25. The molecule has 0 bridgehead atoms. The molecule has 2 N–H and O–H groups in total. The van der Waals surface area contributed by atoms with Crippen molar-refractivity contribution in [2.45, 2.75) is 38.1 Å². The maximum absolute atomic E-state index is 9.55. The van der Waals surface area contributed by atoms with Gasteiger partial charge in [0.25, 0.3) is 0 Å². The third-order valence-corrected chi connectivity index (χ3v) is 4.06. The Balaban J connectivity index is 1.80.